The van der Waals surface area contributed by atoms with Gasteiger partial charge in [-0.25, -0.2) is 0 Å². The molecule has 0 radical (unpaired) electrons. The van der Waals surface area contributed by atoms with Crippen molar-refractivity contribution < 1.29 is 14.0 Å². The van der Waals surface area contributed by atoms with Crippen LogP contribution in [-0.4, -0.2) is 36.3 Å². The van der Waals surface area contributed by atoms with E-state index in [-0.39, 0.29) is 11.8 Å². The first-order chi connectivity index (χ1) is 12.2. The minimum Gasteiger partial charge on any atom is -0.472 e. The third-order valence-electron chi connectivity index (χ3n) is 5.76. The van der Waals surface area contributed by atoms with Gasteiger partial charge in [0, 0.05) is 26.1 Å². The topological polar surface area (TPSA) is 62.6 Å². The molecule has 2 heterocycles. The summed E-state index contributed by atoms with van der Waals surface area (Å²) in [7, 11) is 0. The van der Waals surface area contributed by atoms with Crippen molar-refractivity contribution in [3.8, 4) is 0 Å². The highest BCUT2D eigenvalue weighted by Crippen LogP contribution is 2.27. The molecule has 0 bridgehead atoms. The van der Waals surface area contributed by atoms with E-state index in [1.165, 1.54) is 44.6 Å². The van der Waals surface area contributed by atoms with Crippen molar-refractivity contribution in [1.82, 2.24) is 10.2 Å². The largest absolute Gasteiger partial charge is 0.472 e. The Morgan fingerprint density at radius 2 is 1.84 bits per heavy atom. The van der Waals surface area contributed by atoms with Gasteiger partial charge in [-0.3, -0.25) is 9.59 Å². The summed E-state index contributed by atoms with van der Waals surface area (Å²) in [5.74, 6) is 1.48. The van der Waals surface area contributed by atoms with Gasteiger partial charge in [0.15, 0.2) is 0 Å². The predicted molar refractivity (Wildman–Crippen MR) is 96.2 cm³/mol. The Morgan fingerprint density at radius 1 is 1.08 bits per heavy atom. The number of likely N-dealkylation sites (tertiary alicyclic amines) is 1. The van der Waals surface area contributed by atoms with Gasteiger partial charge in [0.05, 0.1) is 11.8 Å². The number of rotatable bonds is 6. The van der Waals surface area contributed by atoms with Crippen LogP contribution in [-0.2, 0) is 4.79 Å². The van der Waals surface area contributed by atoms with Crippen LogP contribution in [0.1, 0.15) is 68.1 Å². The molecule has 2 fully saturated rings. The first-order valence-electron chi connectivity index (χ1n) is 9.80. The van der Waals surface area contributed by atoms with E-state index in [1.807, 2.05) is 4.90 Å². The van der Waals surface area contributed by atoms with Crippen LogP contribution in [0.15, 0.2) is 23.0 Å². The zero-order valence-electron chi connectivity index (χ0n) is 15.0. The summed E-state index contributed by atoms with van der Waals surface area (Å²) < 4.78 is 4.98. The van der Waals surface area contributed by atoms with Gasteiger partial charge >= 0.3 is 0 Å². The van der Waals surface area contributed by atoms with Crippen LogP contribution < -0.4 is 5.32 Å². The van der Waals surface area contributed by atoms with Gasteiger partial charge < -0.3 is 14.6 Å². The fourth-order valence-corrected chi connectivity index (χ4v) is 4.07. The first kappa shape index (κ1) is 18.0. The van der Waals surface area contributed by atoms with Gasteiger partial charge in [-0.15, -0.1) is 0 Å². The number of carbonyl (C=O) groups excluding carboxylic acids is 2. The molecule has 1 aliphatic carbocycles. The number of furan rings is 1. The number of carbonyl (C=O) groups is 2. The van der Waals surface area contributed by atoms with E-state index in [9.17, 15) is 9.59 Å². The molecule has 0 unspecified atom stereocenters. The summed E-state index contributed by atoms with van der Waals surface area (Å²) in [6, 6.07) is 1.71. The van der Waals surface area contributed by atoms with Crippen molar-refractivity contribution in [3.63, 3.8) is 0 Å². The Bertz CT molecular complexity index is 541. The monoisotopic (exact) mass is 346 g/mol. The standard InChI is InChI=1S/C20H30N2O3/c23-19(7-6-16-4-2-1-3-5-16)21-14-17-8-11-22(12-9-17)20(24)18-10-13-25-15-18/h10,13,15-17H,1-9,11-12,14H2,(H,21,23). The molecule has 2 aliphatic rings. The van der Waals surface area contributed by atoms with E-state index in [4.69, 9.17) is 4.42 Å². The minimum atomic E-state index is 0.0451. The molecule has 1 N–H and O–H groups in total. The van der Waals surface area contributed by atoms with E-state index in [0.29, 0.717) is 17.9 Å². The molecule has 0 aromatic carbocycles. The highest BCUT2D eigenvalue weighted by atomic mass is 16.3. The van der Waals surface area contributed by atoms with Crippen molar-refractivity contribution in [1.29, 1.82) is 0 Å². The Morgan fingerprint density at radius 3 is 2.52 bits per heavy atom. The number of piperidine rings is 1. The van der Waals surface area contributed by atoms with Crippen molar-refractivity contribution in [2.75, 3.05) is 19.6 Å². The Labute approximate surface area is 150 Å². The Kier molecular flexibility index (Phi) is 6.54. The maximum atomic E-state index is 12.3. The number of nitrogens with one attached hydrogen (secondary N) is 1. The number of amides is 2. The molecular formula is C20H30N2O3. The number of hydrogen-bond donors (Lipinski definition) is 1. The smallest absolute Gasteiger partial charge is 0.257 e. The normalized spacial score (nSPS) is 19.8. The molecule has 0 atom stereocenters. The Hall–Kier alpha value is -1.78. The molecule has 0 spiro atoms. The lowest BCUT2D eigenvalue weighted by molar-refractivity contribution is -0.121. The third-order valence-corrected chi connectivity index (χ3v) is 5.76. The Balaban J connectivity index is 1.31. The second-order valence-electron chi connectivity index (χ2n) is 7.59. The molecule has 1 aliphatic heterocycles. The van der Waals surface area contributed by atoms with Gasteiger partial charge in [0.2, 0.25) is 5.91 Å². The molecule has 5 heteroatoms. The SMILES string of the molecule is O=C(CCC1CCCCC1)NCC1CCN(C(=O)c2ccoc2)CC1. The van der Waals surface area contributed by atoms with E-state index in [2.05, 4.69) is 5.32 Å². The summed E-state index contributed by atoms with van der Waals surface area (Å²) in [4.78, 5) is 26.2. The van der Waals surface area contributed by atoms with E-state index in [1.54, 1.807) is 6.07 Å². The molecule has 2 amide bonds. The first-order valence-corrected chi connectivity index (χ1v) is 9.80. The summed E-state index contributed by atoms with van der Waals surface area (Å²) >= 11 is 0. The molecule has 1 saturated carbocycles. The maximum Gasteiger partial charge on any atom is 0.257 e. The molecule has 1 aromatic heterocycles. The zero-order chi connectivity index (χ0) is 17.5. The van der Waals surface area contributed by atoms with Crippen molar-refractivity contribution in [2.24, 2.45) is 11.8 Å². The summed E-state index contributed by atoms with van der Waals surface area (Å²) in [5.41, 5.74) is 0.620. The minimum absolute atomic E-state index is 0.0451. The van der Waals surface area contributed by atoms with Gasteiger partial charge in [-0.05, 0) is 37.2 Å². The maximum absolute atomic E-state index is 12.3. The van der Waals surface area contributed by atoms with Crippen molar-refractivity contribution in [2.45, 2.75) is 57.8 Å². The predicted octanol–water partition coefficient (Wildman–Crippen LogP) is 3.61. The average molecular weight is 346 g/mol. The van der Waals surface area contributed by atoms with Gasteiger partial charge in [0.25, 0.3) is 5.91 Å². The fourth-order valence-electron chi connectivity index (χ4n) is 4.07. The highest BCUT2D eigenvalue weighted by Gasteiger charge is 2.24. The molecule has 25 heavy (non-hydrogen) atoms. The molecular weight excluding hydrogens is 316 g/mol. The van der Waals surface area contributed by atoms with Gasteiger partial charge in [0.1, 0.15) is 6.26 Å². The van der Waals surface area contributed by atoms with E-state index >= 15 is 0 Å². The molecule has 138 valence electrons. The lowest BCUT2D eigenvalue weighted by Crippen LogP contribution is -2.41. The van der Waals surface area contributed by atoms with Crippen LogP contribution in [0.3, 0.4) is 0 Å². The zero-order valence-corrected chi connectivity index (χ0v) is 15.0. The van der Waals surface area contributed by atoms with Crippen molar-refractivity contribution >= 4 is 11.8 Å². The van der Waals surface area contributed by atoms with E-state index in [0.717, 1.165) is 44.8 Å². The van der Waals surface area contributed by atoms with Crippen LogP contribution >= 0.6 is 0 Å². The summed E-state index contributed by atoms with van der Waals surface area (Å²) in [5, 5.41) is 3.11. The molecule has 3 rings (SSSR count). The molecule has 1 saturated heterocycles. The third kappa shape index (κ3) is 5.35. The number of hydrogen-bond acceptors (Lipinski definition) is 3. The quantitative estimate of drug-likeness (QED) is 0.856. The second kappa shape index (κ2) is 9.07. The van der Waals surface area contributed by atoms with Gasteiger partial charge in [-0.1, -0.05) is 32.1 Å². The summed E-state index contributed by atoms with van der Waals surface area (Å²) in [6.07, 6.45) is 13.3. The second-order valence-corrected chi connectivity index (χ2v) is 7.59. The van der Waals surface area contributed by atoms with Gasteiger partial charge in [-0.2, -0.15) is 0 Å². The van der Waals surface area contributed by atoms with Crippen LogP contribution in [0, 0.1) is 11.8 Å². The summed E-state index contributed by atoms with van der Waals surface area (Å²) in [6.45, 7) is 2.26. The molecule has 1 aromatic rings. The molecule has 5 nitrogen and oxygen atoms in total. The van der Waals surface area contributed by atoms with Crippen LogP contribution in [0.25, 0.3) is 0 Å². The number of nitrogens with zero attached hydrogens (tertiary/aromatic N) is 1. The van der Waals surface area contributed by atoms with E-state index < -0.39 is 0 Å². The highest BCUT2D eigenvalue weighted by molar-refractivity contribution is 5.93. The van der Waals surface area contributed by atoms with Crippen molar-refractivity contribution in [3.05, 3.63) is 24.2 Å². The van der Waals surface area contributed by atoms with Crippen LogP contribution in [0.4, 0.5) is 0 Å². The lowest BCUT2D eigenvalue weighted by Gasteiger charge is -2.32. The lowest BCUT2D eigenvalue weighted by atomic mass is 9.86. The van der Waals surface area contributed by atoms with Crippen LogP contribution in [0.5, 0.6) is 0 Å². The fraction of sp³-hybridized carbons (Fsp3) is 0.700. The average Bonchev–Trinajstić information content (AvgIpc) is 3.20. The van der Waals surface area contributed by atoms with Crippen LogP contribution in [0.2, 0.25) is 0 Å².